The first kappa shape index (κ1) is 10.9. The molecule has 0 spiro atoms. The number of thiol groups is 1. The van der Waals surface area contributed by atoms with Crippen LogP contribution in [0.25, 0.3) is 0 Å². The second kappa shape index (κ2) is 4.74. The molecular formula is C6H6FKNS. The Balaban J connectivity index is 0.000000810. The molecule has 10 heavy (non-hydrogen) atoms. The van der Waals surface area contributed by atoms with Gasteiger partial charge >= 0.3 is 0 Å². The Labute approximate surface area is 107 Å². The molecule has 0 amide bonds. The van der Waals surface area contributed by atoms with E-state index in [2.05, 4.69) is 12.6 Å². The van der Waals surface area contributed by atoms with E-state index < -0.39 is 0 Å². The third kappa shape index (κ3) is 2.52. The summed E-state index contributed by atoms with van der Waals surface area (Å²) in [4.78, 5) is 0.220. The van der Waals surface area contributed by atoms with Gasteiger partial charge in [-0.25, -0.2) is 4.39 Å². The molecule has 49 valence electrons. The van der Waals surface area contributed by atoms with Gasteiger partial charge in [-0.3, -0.25) is 0 Å². The average Bonchev–Trinajstić information content (AvgIpc) is 1.83. The van der Waals surface area contributed by atoms with Crippen LogP contribution >= 0.6 is 12.6 Å². The summed E-state index contributed by atoms with van der Waals surface area (Å²) in [5.41, 5.74) is 5.68. The number of hydrogen-bond donors (Lipinski definition) is 2. The van der Waals surface area contributed by atoms with Crippen molar-refractivity contribution in [2.75, 3.05) is 5.73 Å². The number of anilines is 1. The van der Waals surface area contributed by atoms with Gasteiger partial charge in [0, 0.05) is 57.1 Å². The molecule has 0 fully saturated rings. The van der Waals surface area contributed by atoms with E-state index in [0.717, 1.165) is 0 Å². The molecule has 0 saturated heterocycles. The number of nitrogen functional groups attached to an aromatic ring is 1. The van der Waals surface area contributed by atoms with Crippen LogP contribution in [0, 0.1) is 5.82 Å². The van der Waals surface area contributed by atoms with Crippen molar-refractivity contribution < 1.29 is 4.39 Å². The molecule has 1 aromatic rings. The fourth-order valence-electron chi connectivity index (χ4n) is 0.532. The quantitative estimate of drug-likeness (QED) is 0.353. The molecule has 0 saturated carbocycles. The van der Waals surface area contributed by atoms with E-state index in [-0.39, 0.29) is 62.1 Å². The Morgan fingerprint density at radius 1 is 1.40 bits per heavy atom. The van der Waals surface area contributed by atoms with E-state index >= 15 is 0 Å². The van der Waals surface area contributed by atoms with Gasteiger partial charge in [0.25, 0.3) is 0 Å². The molecule has 0 aliphatic heterocycles. The van der Waals surface area contributed by atoms with Crippen molar-refractivity contribution in [2.24, 2.45) is 0 Å². The zero-order valence-electron chi connectivity index (χ0n) is 5.63. The molecule has 1 aromatic carbocycles. The minimum absolute atomic E-state index is 0. The molecule has 1 radical (unpaired) electrons. The van der Waals surface area contributed by atoms with Crippen LogP contribution in [-0.2, 0) is 0 Å². The molecule has 2 N–H and O–H groups in total. The van der Waals surface area contributed by atoms with E-state index in [1.165, 1.54) is 6.07 Å². The summed E-state index contributed by atoms with van der Waals surface area (Å²) < 4.78 is 12.4. The maximum absolute atomic E-state index is 12.4. The van der Waals surface area contributed by atoms with E-state index in [0.29, 0.717) is 5.69 Å². The van der Waals surface area contributed by atoms with Gasteiger partial charge in [-0.05, 0) is 12.1 Å². The first-order valence-corrected chi connectivity index (χ1v) is 2.89. The summed E-state index contributed by atoms with van der Waals surface area (Å²) in [7, 11) is 0. The zero-order chi connectivity index (χ0) is 6.85. The van der Waals surface area contributed by atoms with Crippen molar-refractivity contribution in [3.63, 3.8) is 0 Å². The number of benzene rings is 1. The van der Waals surface area contributed by atoms with E-state index in [1.54, 1.807) is 12.1 Å². The predicted octanol–water partition coefficient (Wildman–Crippen LogP) is 1.32. The van der Waals surface area contributed by atoms with Crippen LogP contribution in [0.3, 0.4) is 0 Å². The molecule has 1 nitrogen and oxygen atoms in total. The largest absolute Gasteiger partial charge is 0.398 e. The standard InChI is InChI=1S/C6H6FNS.K/c7-4-2-1-3-5(8)6(4)9;/h1-3,9H,8H2;. The Morgan fingerprint density at radius 2 is 2.00 bits per heavy atom. The molecule has 0 aromatic heterocycles. The Morgan fingerprint density at radius 3 is 2.40 bits per heavy atom. The minimum Gasteiger partial charge on any atom is -0.398 e. The Bertz CT molecular complexity index is 209. The second-order valence-electron chi connectivity index (χ2n) is 1.68. The number of hydrogen-bond acceptors (Lipinski definition) is 2. The first-order chi connectivity index (χ1) is 4.22. The van der Waals surface area contributed by atoms with Gasteiger partial charge < -0.3 is 5.73 Å². The van der Waals surface area contributed by atoms with E-state index in [9.17, 15) is 4.39 Å². The SMILES string of the molecule is Nc1cccc(F)c1S.[K]. The summed E-state index contributed by atoms with van der Waals surface area (Å²) in [6.07, 6.45) is 0. The minimum atomic E-state index is -0.377. The van der Waals surface area contributed by atoms with Crippen molar-refractivity contribution >= 4 is 69.7 Å². The normalized spacial score (nSPS) is 8.60. The number of nitrogens with two attached hydrogens (primary N) is 1. The van der Waals surface area contributed by atoms with Crippen LogP contribution in [0.15, 0.2) is 23.1 Å². The molecule has 0 bridgehead atoms. The van der Waals surface area contributed by atoms with Gasteiger partial charge in [-0.2, -0.15) is 0 Å². The van der Waals surface area contributed by atoms with Crippen molar-refractivity contribution in [1.82, 2.24) is 0 Å². The second-order valence-corrected chi connectivity index (χ2v) is 2.12. The fourth-order valence-corrected chi connectivity index (χ4v) is 0.681. The van der Waals surface area contributed by atoms with Crippen LogP contribution < -0.4 is 5.73 Å². The first-order valence-electron chi connectivity index (χ1n) is 2.45. The van der Waals surface area contributed by atoms with Crippen molar-refractivity contribution in [1.29, 1.82) is 0 Å². The maximum Gasteiger partial charge on any atom is 0.138 e. The summed E-state index contributed by atoms with van der Waals surface area (Å²) >= 11 is 3.81. The molecule has 0 aliphatic carbocycles. The van der Waals surface area contributed by atoms with Gasteiger partial charge in [0.15, 0.2) is 0 Å². The predicted molar refractivity (Wildman–Crippen MR) is 43.8 cm³/mol. The Kier molecular flexibility index (Phi) is 5.19. The van der Waals surface area contributed by atoms with Gasteiger partial charge in [-0.15, -0.1) is 12.6 Å². The van der Waals surface area contributed by atoms with Gasteiger partial charge in [0.1, 0.15) is 5.82 Å². The molecule has 0 unspecified atom stereocenters. The topological polar surface area (TPSA) is 26.0 Å². The smallest absolute Gasteiger partial charge is 0.138 e. The number of halogens is 1. The third-order valence-corrected chi connectivity index (χ3v) is 1.49. The zero-order valence-corrected chi connectivity index (χ0v) is 9.65. The molecule has 0 aliphatic rings. The van der Waals surface area contributed by atoms with Gasteiger partial charge in [0.05, 0.1) is 4.90 Å². The van der Waals surface area contributed by atoms with Crippen LogP contribution in [0.1, 0.15) is 0 Å². The Hall–Kier alpha value is 0.936. The number of rotatable bonds is 0. The monoisotopic (exact) mass is 182 g/mol. The van der Waals surface area contributed by atoms with Crippen molar-refractivity contribution in [3.05, 3.63) is 24.0 Å². The van der Waals surface area contributed by atoms with Gasteiger partial charge in [0.2, 0.25) is 0 Å². The maximum atomic E-state index is 12.4. The molecule has 4 heteroatoms. The summed E-state index contributed by atoms with van der Waals surface area (Å²) in [6, 6.07) is 4.47. The average molecular weight is 182 g/mol. The van der Waals surface area contributed by atoms with E-state index in [4.69, 9.17) is 5.73 Å². The van der Waals surface area contributed by atoms with Crippen molar-refractivity contribution in [3.8, 4) is 0 Å². The van der Waals surface area contributed by atoms with Crippen molar-refractivity contribution in [2.45, 2.75) is 4.90 Å². The van der Waals surface area contributed by atoms with Gasteiger partial charge in [-0.1, -0.05) is 6.07 Å². The summed E-state index contributed by atoms with van der Waals surface area (Å²) in [6.45, 7) is 0. The van der Waals surface area contributed by atoms with Crippen LogP contribution in [0.4, 0.5) is 10.1 Å². The fraction of sp³-hybridized carbons (Fsp3) is 0. The summed E-state index contributed by atoms with van der Waals surface area (Å²) in [5.74, 6) is -0.377. The molecule has 1 rings (SSSR count). The molecular weight excluding hydrogens is 176 g/mol. The molecule has 0 atom stereocenters. The third-order valence-electron chi connectivity index (χ3n) is 1.02. The van der Waals surface area contributed by atoms with E-state index in [1.807, 2.05) is 0 Å². The summed E-state index contributed by atoms with van der Waals surface area (Å²) in [5, 5.41) is 0. The van der Waals surface area contributed by atoms with Crippen LogP contribution in [0.5, 0.6) is 0 Å². The van der Waals surface area contributed by atoms with Crippen LogP contribution in [0.2, 0.25) is 0 Å². The van der Waals surface area contributed by atoms with Crippen LogP contribution in [-0.4, -0.2) is 51.4 Å². The molecule has 0 heterocycles.